The molecule has 0 saturated carbocycles. The third-order valence-electron chi connectivity index (χ3n) is 4.08. The Morgan fingerprint density at radius 3 is 2.61 bits per heavy atom. The zero-order chi connectivity index (χ0) is 19.5. The Morgan fingerprint density at radius 1 is 1.04 bits per heavy atom. The summed E-state index contributed by atoms with van der Waals surface area (Å²) in [6, 6.07) is 12.7. The van der Waals surface area contributed by atoms with E-state index >= 15 is 0 Å². The van der Waals surface area contributed by atoms with E-state index in [4.69, 9.17) is 13.9 Å². The number of aromatic nitrogens is 1. The van der Waals surface area contributed by atoms with Gasteiger partial charge >= 0.3 is 5.63 Å². The van der Waals surface area contributed by atoms with E-state index in [1.807, 2.05) is 24.4 Å². The van der Waals surface area contributed by atoms with Crippen molar-refractivity contribution in [1.82, 2.24) is 4.98 Å². The second kappa shape index (κ2) is 7.82. The van der Waals surface area contributed by atoms with Gasteiger partial charge in [0.1, 0.15) is 41.1 Å². The standard InChI is InChI=1S/C21H16FNO4S/c1-13-8-21(24)27-19-9-17(6-7-18(13)19)25-10-15-12-28-20(23-15)11-26-16-4-2-14(22)3-5-16/h2-9,12H,10-11H2,1H3. The van der Waals surface area contributed by atoms with E-state index in [1.165, 1.54) is 29.5 Å². The summed E-state index contributed by atoms with van der Waals surface area (Å²) in [5.41, 5.74) is 1.75. The molecule has 0 aliphatic heterocycles. The molecule has 2 heterocycles. The molecule has 0 bridgehead atoms. The largest absolute Gasteiger partial charge is 0.487 e. The summed E-state index contributed by atoms with van der Waals surface area (Å²) in [5.74, 6) is 0.880. The maximum atomic E-state index is 12.9. The quantitative estimate of drug-likeness (QED) is 0.435. The minimum absolute atomic E-state index is 0.286. The average molecular weight is 397 g/mol. The Morgan fingerprint density at radius 2 is 1.79 bits per heavy atom. The molecule has 142 valence electrons. The van der Waals surface area contributed by atoms with E-state index in [-0.39, 0.29) is 18.0 Å². The van der Waals surface area contributed by atoms with Gasteiger partial charge in [0.15, 0.2) is 0 Å². The molecule has 5 nitrogen and oxygen atoms in total. The molecule has 0 aliphatic carbocycles. The Kier molecular flexibility index (Phi) is 5.08. The first-order chi connectivity index (χ1) is 13.6. The Labute approximate surface area is 164 Å². The lowest BCUT2D eigenvalue weighted by Crippen LogP contribution is -2.00. The van der Waals surface area contributed by atoms with E-state index in [0.717, 1.165) is 21.7 Å². The Hall–Kier alpha value is -3.19. The van der Waals surface area contributed by atoms with E-state index in [1.54, 1.807) is 18.2 Å². The third-order valence-corrected chi connectivity index (χ3v) is 4.96. The average Bonchev–Trinajstić information content (AvgIpc) is 3.13. The summed E-state index contributed by atoms with van der Waals surface area (Å²) in [7, 11) is 0. The molecule has 0 aliphatic rings. The SMILES string of the molecule is Cc1cc(=O)oc2cc(OCc3csc(COc4ccc(F)cc4)n3)ccc12. The second-order valence-electron chi connectivity index (χ2n) is 6.17. The zero-order valence-electron chi connectivity index (χ0n) is 15.0. The monoisotopic (exact) mass is 397 g/mol. The van der Waals surface area contributed by atoms with Crippen molar-refractivity contribution in [2.24, 2.45) is 0 Å². The number of thiazole rings is 1. The van der Waals surface area contributed by atoms with Crippen LogP contribution in [0.4, 0.5) is 4.39 Å². The molecular formula is C21H16FNO4S. The van der Waals surface area contributed by atoms with Gasteiger partial charge in [-0.3, -0.25) is 0 Å². The highest BCUT2D eigenvalue weighted by atomic mass is 32.1. The van der Waals surface area contributed by atoms with Crippen molar-refractivity contribution in [3.8, 4) is 11.5 Å². The zero-order valence-corrected chi connectivity index (χ0v) is 15.8. The highest BCUT2D eigenvalue weighted by molar-refractivity contribution is 7.09. The van der Waals surface area contributed by atoms with Crippen LogP contribution >= 0.6 is 11.3 Å². The molecule has 28 heavy (non-hydrogen) atoms. The number of nitrogens with zero attached hydrogens (tertiary/aromatic N) is 1. The van der Waals surface area contributed by atoms with Crippen LogP contribution in [0.15, 0.2) is 63.1 Å². The third kappa shape index (κ3) is 4.20. The number of hydrogen-bond donors (Lipinski definition) is 0. The van der Waals surface area contributed by atoms with Gasteiger partial charge in [0.2, 0.25) is 0 Å². The van der Waals surface area contributed by atoms with Crippen molar-refractivity contribution in [2.75, 3.05) is 0 Å². The lowest BCUT2D eigenvalue weighted by atomic mass is 10.1. The predicted molar refractivity (Wildman–Crippen MR) is 104 cm³/mol. The number of halogens is 1. The van der Waals surface area contributed by atoms with Crippen LogP contribution in [0.3, 0.4) is 0 Å². The summed E-state index contributed by atoms with van der Waals surface area (Å²) in [5, 5.41) is 3.57. The van der Waals surface area contributed by atoms with Gasteiger partial charge in [-0.2, -0.15) is 0 Å². The minimum Gasteiger partial charge on any atom is -0.487 e. The molecular weight excluding hydrogens is 381 g/mol. The van der Waals surface area contributed by atoms with Gasteiger partial charge in [-0.25, -0.2) is 14.2 Å². The fraction of sp³-hybridized carbons (Fsp3) is 0.143. The molecule has 2 aromatic carbocycles. The van der Waals surface area contributed by atoms with Crippen molar-refractivity contribution >= 4 is 22.3 Å². The maximum absolute atomic E-state index is 12.9. The molecule has 0 atom stereocenters. The van der Waals surface area contributed by atoms with Crippen LogP contribution in [0.1, 0.15) is 16.3 Å². The van der Waals surface area contributed by atoms with Crippen LogP contribution in [-0.2, 0) is 13.2 Å². The van der Waals surface area contributed by atoms with Crippen molar-refractivity contribution in [2.45, 2.75) is 20.1 Å². The summed E-state index contributed by atoms with van der Waals surface area (Å²) < 4.78 is 29.5. The Bertz CT molecular complexity index is 1170. The predicted octanol–water partition coefficient (Wildman–Crippen LogP) is 4.86. The number of benzene rings is 2. The van der Waals surface area contributed by atoms with Gasteiger partial charge in [-0.15, -0.1) is 11.3 Å². The lowest BCUT2D eigenvalue weighted by molar-refractivity contribution is 0.294. The van der Waals surface area contributed by atoms with Crippen molar-refractivity contribution in [1.29, 1.82) is 0 Å². The topological polar surface area (TPSA) is 61.6 Å². The Balaban J connectivity index is 1.38. The maximum Gasteiger partial charge on any atom is 0.336 e. The summed E-state index contributed by atoms with van der Waals surface area (Å²) in [6.07, 6.45) is 0. The van der Waals surface area contributed by atoms with Crippen molar-refractivity contribution < 1.29 is 18.3 Å². The summed E-state index contributed by atoms with van der Waals surface area (Å²) >= 11 is 1.46. The van der Waals surface area contributed by atoms with E-state index in [2.05, 4.69) is 4.98 Å². The molecule has 0 amide bonds. The van der Waals surface area contributed by atoms with Gasteiger partial charge in [-0.05, 0) is 48.9 Å². The highest BCUT2D eigenvalue weighted by Gasteiger charge is 2.07. The molecule has 0 fully saturated rings. The van der Waals surface area contributed by atoms with Crippen LogP contribution in [0, 0.1) is 12.7 Å². The molecule has 0 N–H and O–H groups in total. The number of hydrogen-bond acceptors (Lipinski definition) is 6. The summed E-state index contributed by atoms with van der Waals surface area (Å²) in [6.45, 7) is 2.45. The lowest BCUT2D eigenvalue weighted by Gasteiger charge is -2.06. The fourth-order valence-corrected chi connectivity index (χ4v) is 3.40. The molecule has 2 aromatic heterocycles. The first kappa shape index (κ1) is 18.2. The molecule has 0 spiro atoms. The van der Waals surface area contributed by atoms with Crippen LogP contribution < -0.4 is 15.1 Å². The van der Waals surface area contributed by atoms with Crippen LogP contribution in [0.2, 0.25) is 0 Å². The minimum atomic E-state index is -0.382. The normalized spacial score (nSPS) is 10.9. The van der Waals surface area contributed by atoms with Gasteiger partial charge in [-0.1, -0.05) is 0 Å². The van der Waals surface area contributed by atoms with Crippen LogP contribution in [0.25, 0.3) is 11.0 Å². The number of rotatable bonds is 6. The van der Waals surface area contributed by atoms with Crippen molar-refractivity contribution in [3.05, 3.63) is 86.4 Å². The van der Waals surface area contributed by atoms with Crippen LogP contribution in [0.5, 0.6) is 11.5 Å². The molecule has 0 unspecified atom stereocenters. The van der Waals surface area contributed by atoms with Gasteiger partial charge in [0.05, 0.1) is 5.69 Å². The molecule has 7 heteroatoms. The molecule has 4 aromatic rings. The van der Waals surface area contributed by atoms with Crippen molar-refractivity contribution in [3.63, 3.8) is 0 Å². The van der Waals surface area contributed by atoms with Gasteiger partial charge in [0.25, 0.3) is 0 Å². The van der Waals surface area contributed by atoms with E-state index < -0.39 is 0 Å². The highest BCUT2D eigenvalue weighted by Crippen LogP contribution is 2.23. The second-order valence-corrected chi connectivity index (χ2v) is 7.11. The molecule has 4 rings (SSSR count). The smallest absolute Gasteiger partial charge is 0.336 e. The van der Waals surface area contributed by atoms with Crippen LogP contribution in [-0.4, -0.2) is 4.98 Å². The molecule has 0 radical (unpaired) electrons. The first-order valence-electron chi connectivity index (χ1n) is 8.56. The van der Waals surface area contributed by atoms with E-state index in [0.29, 0.717) is 23.7 Å². The van der Waals surface area contributed by atoms with Gasteiger partial charge < -0.3 is 13.9 Å². The van der Waals surface area contributed by atoms with Gasteiger partial charge in [0, 0.05) is 22.9 Å². The van der Waals surface area contributed by atoms with E-state index in [9.17, 15) is 9.18 Å². The number of aryl methyl sites for hydroxylation is 1. The fourth-order valence-electron chi connectivity index (χ4n) is 2.71. The first-order valence-corrected chi connectivity index (χ1v) is 9.44. The number of fused-ring (bicyclic) bond motifs is 1. The molecule has 0 saturated heterocycles. The summed E-state index contributed by atoms with van der Waals surface area (Å²) in [4.78, 5) is 16.0. The number of ether oxygens (including phenoxy) is 2.